The summed E-state index contributed by atoms with van der Waals surface area (Å²) < 4.78 is 16.1. The highest BCUT2D eigenvalue weighted by molar-refractivity contribution is 5.70. The predicted molar refractivity (Wildman–Crippen MR) is 86.6 cm³/mol. The standard InChI is InChI=1S/C18H23NO5/c1-13(20)23-12-18-9-7-15(8-10-18)19(17(21)24-18)11-14-3-5-16(22-2)6-4-14/h3-6,15H,7-12H2,1-2H3. The summed E-state index contributed by atoms with van der Waals surface area (Å²) >= 11 is 0. The van der Waals surface area contributed by atoms with Crippen LogP contribution in [0.25, 0.3) is 0 Å². The van der Waals surface area contributed by atoms with Crippen LogP contribution in [0.15, 0.2) is 24.3 Å². The van der Waals surface area contributed by atoms with Gasteiger partial charge in [-0.1, -0.05) is 12.1 Å². The van der Waals surface area contributed by atoms with Gasteiger partial charge in [-0.15, -0.1) is 0 Å². The van der Waals surface area contributed by atoms with Crippen LogP contribution >= 0.6 is 0 Å². The highest BCUT2D eigenvalue weighted by Crippen LogP contribution is 2.39. The lowest BCUT2D eigenvalue weighted by Crippen LogP contribution is -2.40. The highest BCUT2D eigenvalue weighted by atomic mass is 16.6. The average Bonchev–Trinajstić information content (AvgIpc) is 2.79. The third-order valence-electron chi connectivity index (χ3n) is 4.90. The lowest BCUT2D eigenvalue weighted by Gasteiger charge is -2.34. The molecule has 6 heteroatoms. The maximum atomic E-state index is 12.6. The van der Waals surface area contributed by atoms with E-state index in [1.54, 1.807) is 12.0 Å². The van der Waals surface area contributed by atoms with E-state index in [1.165, 1.54) is 6.92 Å². The van der Waals surface area contributed by atoms with E-state index in [0.717, 1.165) is 37.0 Å². The smallest absolute Gasteiger partial charge is 0.410 e. The fourth-order valence-corrected chi connectivity index (χ4v) is 3.46. The van der Waals surface area contributed by atoms with Crippen molar-refractivity contribution in [3.8, 4) is 5.75 Å². The minimum Gasteiger partial charge on any atom is -0.497 e. The van der Waals surface area contributed by atoms with Crippen LogP contribution in [0.3, 0.4) is 0 Å². The second kappa shape index (κ2) is 6.71. The maximum absolute atomic E-state index is 12.6. The Morgan fingerprint density at radius 2 is 1.96 bits per heavy atom. The highest BCUT2D eigenvalue weighted by Gasteiger charge is 2.47. The minimum atomic E-state index is -0.659. The second-order valence-corrected chi connectivity index (χ2v) is 6.54. The number of methoxy groups -OCH3 is 1. The van der Waals surface area contributed by atoms with Gasteiger partial charge < -0.3 is 19.1 Å². The number of fused-ring (bicyclic) bond motifs is 4. The summed E-state index contributed by atoms with van der Waals surface area (Å²) in [4.78, 5) is 25.5. The first-order valence-corrected chi connectivity index (χ1v) is 8.27. The summed E-state index contributed by atoms with van der Waals surface area (Å²) in [5.74, 6) is 0.445. The molecule has 1 saturated carbocycles. The van der Waals surface area contributed by atoms with Crippen molar-refractivity contribution < 1.29 is 23.8 Å². The van der Waals surface area contributed by atoms with E-state index < -0.39 is 5.60 Å². The number of carbonyl (C=O) groups excluding carboxylic acids is 2. The third-order valence-corrected chi connectivity index (χ3v) is 4.90. The van der Waals surface area contributed by atoms with Gasteiger partial charge in [0.05, 0.1) is 7.11 Å². The van der Waals surface area contributed by atoms with E-state index in [2.05, 4.69) is 0 Å². The monoisotopic (exact) mass is 333 g/mol. The molecule has 0 radical (unpaired) electrons. The van der Waals surface area contributed by atoms with E-state index >= 15 is 0 Å². The van der Waals surface area contributed by atoms with Gasteiger partial charge in [0, 0.05) is 19.5 Å². The molecule has 1 amide bonds. The van der Waals surface area contributed by atoms with Crippen LogP contribution in [0.5, 0.6) is 5.75 Å². The first kappa shape index (κ1) is 16.6. The third kappa shape index (κ3) is 3.47. The first-order chi connectivity index (χ1) is 11.5. The Labute approximate surface area is 141 Å². The molecule has 4 rings (SSSR count). The topological polar surface area (TPSA) is 65.1 Å². The molecule has 1 aromatic carbocycles. The van der Waals surface area contributed by atoms with E-state index in [0.29, 0.717) is 6.54 Å². The molecule has 3 fully saturated rings. The molecule has 2 saturated heterocycles. The zero-order valence-electron chi connectivity index (χ0n) is 14.1. The van der Waals surface area contributed by atoms with E-state index in [-0.39, 0.29) is 24.7 Å². The van der Waals surface area contributed by atoms with E-state index in [4.69, 9.17) is 14.2 Å². The van der Waals surface area contributed by atoms with Crippen molar-refractivity contribution in [3.05, 3.63) is 29.8 Å². The Bertz CT molecular complexity index is 604. The Balaban J connectivity index is 1.71. The number of benzene rings is 1. The molecule has 130 valence electrons. The molecule has 0 N–H and O–H groups in total. The van der Waals surface area contributed by atoms with Gasteiger partial charge in [0.15, 0.2) is 0 Å². The van der Waals surface area contributed by atoms with Crippen molar-refractivity contribution in [1.82, 2.24) is 4.90 Å². The number of nitrogens with zero attached hydrogens (tertiary/aromatic N) is 1. The van der Waals surface area contributed by atoms with Crippen LogP contribution in [0, 0.1) is 0 Å². The Morgan fingerprint density at radius 1 is 1.29 bits per heavy atom. The molecule has 24 heavy (non-hydrogen) atoms. The molecule has 0 atom stereocenters. The average molecular weight is 333 g/mol. The van der Waals surface area contributed by atoms with Gasteiger partial charge in [0.25, 0.3) is 0 Å². The normalized spacial score (nSPS) is 25.8. The summed E-state index contributed by atoms with van der Waals surface area (Å²) in [6.07, 6.45) is 2.87. The van der Waals surface area contributed by atoms with Crippen LogP contribution in [0.4, 0.5) is 4.79 Å². The van der Waals surface area contributed by atoms with Gasteiger partial charge in [0.1, 0.15) is 18.0 Å². The van der Waals surface area contributed by atoms with E-state index in [1.807, 2.05) is 24.3 Å². The van der Waals surface area contributed by atoms with Gasteiger partial charge in [-0.2, -0.15) is 0 Å². The van der Waals surface area contributed by atoms with Crippen molar-refractivity contribution in [2.24, 2.45) is 0 Å². The van der Waals surface area contributed by atoms with Gasteiger partial charge in [0.2, 0.25) is 0 Å². The molecule has 1 aromatic rings. The molecule has 0 unspecified atom stereocenters. The molecule has 0 aromatic heterocycles. The van der Waals surface area contributed by atoms with Crippen molar-refractivity contribution in [3.63, 3.8) is 0 Å². The number of ether oxygens (including phenoxy) is 3. The number of hydrogen-bond donors (Lipinski definition) is 0. The van der Waals surface area contributed by atoms with Crippen molar-refractivity contribution in [2.75, 3.05) is 13.7 Å². The zero-order chi connectivity index (χ0) is 17.2. The molecular weight excluding hydrogens is 310 g/mol. The van der Waals surface area contributed by atoms with Crippen LogP contribution in [-0.2, 0) is 20.8 Å². The van der Waals surface area contributed by atoms with Crippen molar-refractivity contribution >= 4 is 12.1 Å². The van der Waals surface area contributed by atoms with Crippen molar-refractivity contribution in [2.45, 2.75) is 50.8 Å². The van der Waals surface area contributed by atoms with Gasteiger partial charge >= 0.3 is 12.1 Å². The molecule has 1 aliphatic carbocycles. The fourth-order valence-electron chi connectivity index (χ4n) is 3.46. The summed E-state index contributed by atoms with van der Waals surface area (Å²) in [6.45, 7) is 2.03. The maximum Gasteiger partial charge on any atom is 0.410 e. The first-order valence-electron chi connectivity index (χ1n) is 8.27. The second-order valence-electron chi connectivity index (χ2n) is 6.54. The van der Waals surface area contributed by atoms with Gasteiger partial charge in [-0.05, 0) is 43.4 Å². The molecular formula is C18H23NO5. The fraction of sp³-hybridized carbons (Fsp3) is 0.556. The summed E-state index contributed by atoms with van der Waals surface area (Å²) in [5, 5.41) is 0. The zero-order valence-corrected chi connectivity index (χ0v) is 14.1. The van der Waals surface area contributed by atoms with Crippen LogP contribution in [0.2, 0.25) is 0 Å². The number of hydrogen-bond acceptors (Lipinski definition) is 5. The summed E-state index contributed by atoms with van der Waals surface area (Å²) in [5.41, 5.74) is 0.376. The largest absolute Gasteiger partial charge is 0.497 e. The SMILES string of the molecule is COc1ccc(CN2C(=O)OC3(COC(C)=O)CCC2CC3)cc1. The minimum absolute atomic E-state index is 0.150. The number of carbonyl (C=O) groups is 2. The summed E-state index contributed by atoms with van der Waals surface area (Å²) in [6, 6.07) is 7.86. The number of rotatable bonds is 5. The van der Waals surface area contributed by atoms with Crippen molar-refractivity contribution in [1.29, 1.82) is 0 Å². The van der Waals surface area contributed by atoms with Crippen LogP contribution < -0.4 is 4.74 Å². The Morgan fingerprint density at radius 3 is 2.54 bits per heavy atom. The molecule has 6 nitrogen and oxygen atoms in total. The molecule has 2 heterocycles. The molecule has 2 bridgehead atoms. The molecule has 2 aliphatic heterocycles. The van der Waals surface area contributed by atoms with E-state index in [9.17, 15) is 9.59 Å². The predicted octanol–water partition coefficient (Wildman–Crippen LogP) is 2.89. The lowest BCUT2D eigenvalue weighted by atomic mass is 9.82. The number of esters is 1. The quantitative estimate of drug-likeness (QED) is 0.775. The Kier molecular flexibility index (Phi) is 4.64. The summed E-state index contributed by atoms with van der Waals surface area (Å²) in [7, 11) is 1.63. The van der Waals surface area contributed by atoms with Gasteiger partial charge in [-0.25, -0.2) is 4.79 Å². The molecule has 3 aliphatic rings. The number of amides is 1. The molecule has 0 spiro atoms. The van der Waals surface area contributed by atoms with Crippen LogP contribution in [-0.4, -0.2) is 42.3 Å². The van der Waals surface area contributed by atoms with Crippen LogP contribution in [0.1, 0.15) is 38.2 Å². The lowest BCUT2D eigenvalue weighted by molar-refractivity contribution is -0.150. The Hall–Kier alpha value is -2.24. The van der Waals surface area contributed by atoms with Gasteiger partial charge in [-0.3, -0.25) is 4.79 Å².